The van der Waals surface area contributed by atoms with Gasteiger partial charge < -0.3 is 4.74 Å². The number of rotatable bonds is 5. The van der Waals surface area contributed by atoms with Crippen LogP contribution in [0.15, 0.2) is 18.2 Å². The van der Waals surface area contributed by atoms with E-state index in [1.165, 1.54) is 25.0 Å². The topological polar surface area (TPSA) is 95.5 Å². The van der Waals surface area contributed by atoms with Crippen molar-refractivity contribution in [3.63, 3.8) is 0 Å². The minimum atomic E-state index is -0.626. The zero-order chi connectivity index (χ0) is 15.4. The van der Waals surface area contributed by atoms with E-state index in [0.717, 1.165) is 30.2 Å². The number of hydrogen-bond acceptors (Lipinski definition) is 5. The smallest absolute Gasteiger partial charge is 0.281 e. The number of ether oxygens (including phenoxy) is 1. The predicted molar refractivity (Wildman–Crippen MR) is 76.1 cm³/mol. The molecule has 0 unspecified atom stereocenters. The van der Waals surface area contributed by atoms with Gasteiger partial charge in [-0.1, -0.05) is 0 Å². The molecule has 0 radical (unpaired) electrons. The van der Waals surface area contributed by atoms with E-state index in [2.05, 4.69) is 0 Å². The lowest BCUT2D eigenvalue weighted by Crippen LogP contribution is -2.65. The molecule has 0 N–H and O–H groups in total. The Labute approximate surface area is 126 Å². The third kappa shape index (κ3) is 1.85. The number of non-ortho nitro benzene ring substituents is 1. The standard InChI is InChI=1S/C15H16N2O5/c18-16(19)9-2-1-8(13(5-9)17(20)21)7-22-14-6-12-10-3-4-11(10)15(12)14/h1-2,5,10-12,14-15H,3-4,6-7H2/t10-,11+,12-,14-,15+/m1/s1. The molecule has 116 valence electrons. The molecule has 5 atom stereocenters. The lowest BCUT2D eigenvalue weighted by molar-refractivity contribution is -0.394. The summed E-state index contributed by atoms with van der Waals surface area (Å²) in [7, 11) is 0. The summed E-state index contributed by atoms with van der Waals surface area (Å²) >= 11 is 0. The van der Waals surface area contributed by atoms with E-state index in [4.69, 9.17) is 4.74 Å². The fourth-order valence-electron chi connectivity index (χ4n) is 4.47. The Balaban J connectivity index is 1.44. The van der Waals surface area contributed by atoms with Crippen LogP contribution in [-0.4, -0.2) is 16.0 Å². The Morgan fingerprint density at radius 1 is 1.09 bits per heavy atom. The van der Waals surface area contributed by atoms with Crippen molar-refractivity contribution in [2.24, 2.45) is 23.7 Å². The third-order valence-corrected chi connectivity index (χ3v) is 5.79. The van der Waals surface area contributed by atoms with E-state index in [1.54, 1.807) is 0 Å². The highest BCUT2D eigenvalue weighted by atomic mass is 16.6. The lowest BCUT2D eigenvalue weighted by atomic mass is 9.38. The summed E-state index contributed by atoms with van der Waals surface area (Å²) in [6.07, 6.45) is 3.92. The van der Waals surface area contributed by atoms with Gasteiger partial charge in [0.1, 0.15) is 0 Å². The Hall–Kier alpha value is -2.02. The molecule has 0 aromatic heterocycles. The molecule has 3 fully saturated rings. The van der Waals surface area contributed by atoms with Gasteiger partial charge in [0.25, 0.3) is 11.4 Å². The first-order chi connectivity index (χ1) is 10.6. The van der Waals surface area contributed by atoms with E-state index in [9.17, 15) is 20.2 Å². The molecule has 7 nitrogen and oxygen atoms in total. The number of nitro benzene ring substituents is 2. The Bertz CT molecular complexity index is 655. The predicted octanol–water partition coefficient (Wildman–Crippen LogP) is 3.06. The Morgan fingerprint density at radius 3 is 2.45 bits per heavy atom. The summed E-state index contributed by atoms with van der Waals surface area (Å²) in [6, 6.07) is 3.73. The summed E-state index contributed by atoms with van der Waals surface area (Å²) < 4.78 is 5.87. The number of benzene rings is 1. The quantitative estimate of drug-likeness (QED) is 0.615. The van der Waals surface area contributed by atoms with Crippen molar-refractivity contribution in [2.45, 2.75) is 32.0 Å². The number of fused-ring (bicyclic) bond motifs is 4. The van der Waals surface area contributed by atoms with E-state index in [1.807, 2.05) is 0 Å². The maximum Gasteiger partial charge on any atom is 0.281 e. The van der Waals surface area contributed by atoms with Gasteiger partial charge in [0.2, 0.25) is 0 Å². The van der Waals surface area contributed by atoms with Crippen molar-refractivity contribution >= 4 is 11.4 Å². The summed E-state index contributed by atoms with van der Waals surface area (Å²) in [5, 5.41) is 21.8. The normalized spacial score (nSPS) is 34.5. The van der Waals surface area contributed by atoms with Crippen molar-refractivity contribution in [1.29, 1.82) is 0 Å². The van der Waals surface area contributed by atoms with Crippen LogP contribution >= 0.6 is 0 Å². The SMILES string of the molecule is O=[N+]([O-])c1ccc(CO[C@@H]2C[C@@H]3[C@@H]4CC[C@@H]4[C@@H]32)c([N+](=O)[O-])c1. The van der Waals surface area contributed by atoms with Crippen LogP contribution in [0.2, 0.25) is 0 Å². The number of nitro groups is 2. The van der Waals surface area contributed by atoms with Gasteiger partial charge in [-0.05, 0) is 49.0 Å². The van der Waals surface area contributed by atoms with Gasteiger partial charge in [-0.3, -0.25) is 20.2 Å². The maximum absolute atomic E-state index is 11.1. The third-order valence-electron chi connectivity index (χ3n) is 5.79. The van der Waals surface area contributed by atoms with Crippen LogP contribution in [-0.2, 0) is 11.3 Å². The first kappa shape index (κ1) is 13.6. The fraction of sp³-hybridized carbons (Fsp3) is 0.600. The monoisotopic (exact) mass is 304 g/mol. The molecule has 3 aliphatic rings. The van der Waals surface area contributed by atoms with E-state index >= 15 is 0 Å². The molecule has 1 aromatic carbocycles. The molecule has 0 spiro atoms. The van der Waals surface area contributed by atoms with Crippen molar-refractivity contribution in [3.8, 4) is 0 Å². The molecule has 4 rings (SSSR count). The van der Waals surface area contributed by atoms with Crippen LogP contribution in [0.1, 0.15) is 24.8 Å². The van der Waals surface area contributed by atoms with Crippen LogP contribution in [0.25, 0.3) is 0 Å². The summed E-state index contributed by atoms with van der Waals surface area (Å²) in [5.74, 6) is 3.20. The molecule has 0 heterocycles. The first-order valence-corrected chi connectivity index (χ1v) is 7.59. The highest BCUT2D eigenvalue weighted by Crippen LogP contribution is 2.67. The van der Waals surface area contributed by atoms with Gasteiger partial charge in [-0.15, -0.1) is 0 Å². The average molecular weight is 304 g/mol. The molecule has 3 saturated carbocycles. The molecule has 7 heteroatoms. The number of nitrogens with zero attached hydrogens (tertiary/aromatic N) is 2. The van der Waals surface area contributed by atoms with Crippen LogP contribution < -0.4 is 0 Å². The molecule has 0 bridgehead atoms. The van der Waals surface area contributed by atoms with Gasteiger partial charge >= 0.3 is 0 Å². The highest BCUT2D eigenvalue weighted by Gasteiger charge is 2.64. The second-order valence-electron chi connectivity index (χ2n) is 6.56. The summed E-state index contributed by atoms with van der Waals surface area (Å²) in [4.78, 5) is 20.6. The molecular weight excluding hydrogens is 288 g/mol. The Morgan fingerprint density at radius 2 is 1.86 bits per heavy atom. The molecule has 3 aliphatic carbocycles. The van der Waals surface area contributed by atoms with Crippen LogP contribution in [0.3, 0.4) is 0 Å². The Kier molecular flexibility index (Phi) is 2.94. The van der Waals surface area contributed by atoms with E-state index in [0.29, 0.717) is 11.5 Å². The van der Waals surface area contributed by atoms with Gasteiger partial charge in [0.15, 0.2) is 0 Å². The minimum Gasteiger partial charge on any atom is -0.373 e. The van der Waals surface area contributed by atoms with Crippen LogP contribution in [0, 0.1) is 43.9 Å². The molecule has 0 amide bonds. The number of hydrogen-bond donors (Lipinski definition) is 0. The largest absolute Gasteiger partial charge is 0.373 e. The summed E-state index contributed by atoms with van der Waals surface area (Å²) in [6.45, 7) is 0.152. The van der Waals surface area contributed by atoms with Gasteiger partial charge in [-0.2, -0.15) is 0 Å². The second-order valence-corrected chi connectivity index (χ2v) is 6.56. The molecule has 22 heavy (non-hydrogen) atoms. The van der Waals surface area contributed by atoms with Crippen molar-refractivity contribution < 1.29 is 14.6 Å². The fourth-order valence-corrected chi connectivity index (χ4v) is 4.47. The van der Waals surface area contributed by atoms with Gasteiger partial charge in [0, 0.05) is 6.07 Å². The molecule has 0 saturated heterocycles. The summed E-state index contributed by atoms with van der Waals surface area (Å²) in [5.41, 5.74) is -0.0980. The average Bonchev–Trinajstić information content (AvgIpc) is 2.46. The van der Waals surface area contributed by atoms with Crippen molar-refractivity contribution in [1.82, 2.24) is 0 Å². The molecule has 0 aliphatic heterocycles. The van der Waals surface area contributed by atoms with E-state index in [-0.39, 0.29) is 24.1 Å². The highest BCUT2D eigenvalue weighted by molar-refractivity contribution is 5.48. The lowest BCUT2D eigenvalue weighted by Gasteiger charge is -2.68. The van der Waals surface area contributed by atoms with Crippen molar-refractivity contribution in [2.75, 3.05) is 0 Å². The van der Waals surface area contributed by atoms with Gasteiger partial charge in [0.05, 0.1) is 34.2 Å². The zero-order valence-corrected chi connectivity index (χ0v) is 11.9. The first-order valence-electron chi connectivity index (χ1n) is 7.59. The maximum atomic E-state index is 11.1. The van der Waals surface area contributed by atoms with Crippen LogP contribution in [0.5, 0.6) is 0 Å². The van der Waals surface area contributed by atoms with Crippen LogP contribution in [0.4, 0.5) is 11.4 Å². The molecule has 1 aromatic rings. The van der Waals surface area contributed by atoms with Crippen molar-refractivity contribution in [3.05, 3.63) is 44.0 Å². The van der Waals surface area contributed by atoms with E-state index < -0.39 is 9.85 Å². The van der Waals surface area contributed by atoms with Gasteiger partial charge in [-0.25, -0.2) is 0 Å². The molecular formula is C15H16N2O5. The second kappa shape index (κ2) is 4.74. The minimum absolute atomic E-state index is 0.152. The zero-order valence-electron chi connectivity index (χ0n) is 11.9.